The zero-order chi connectivity index (χ0) is 15.0. The van der Waals surface area contributed by atoms with Gasteiger partial charge in [-0.05, 0) is 35.2 Å². The lowest BCUT2D eigenvalue weighted by Crippen LogP contribution is -2.38. The predicted octanol–water partition coefficient (Wildman–Crippen LogP) is 4.27. The summed E-state index contributed by atoms with van der Waals surface area (Å²) >= 11 is 5.64. The Kier molecular flexibility index (Phi) is 3.64. The molecule has 108 valence electrons. The van der Waals surface area contributed by atoms with Crippen molar-refractivity contribution in [2.75, 3.05) is 6.54 Å². The molecule has 0 saturated heterocycles. The molecule has 0 aliphatic carbocycles. The number of rotatable bonds is 1. The molecule has 1 aliphatic rings. The maximum absolute atomic E-state index is 14.1. The van der Waals surface area contributed by atoms with Crippen molar-refractivity contribution in [3.05, 3.63) is 70.8 Å². The molecule has 2 aromatic carbocycles. The maximum atomic E-state index is 14.1. The van der Waals surface area contributed by atoms with E-state index in [0.717, 1.165) is 17.2 Å². The van der Waals surface area contributed by atoms with E-state index in [1.807, 2.05) is 24.3 Å². The second kappa shape index (κ2) is 5.45. The Bertz CT molecular complexity index is 704. The van der Waals surface area contributed by atoms with E-state index >= 15 is 0 Å². The second-order valence-electron chi connectivity index (χ2n) is 4.96. The minimum absolute atomic E-state index is 0.248. The summed E-state index contributed by atoms with van der Waals surface area (Å²) in [4.78, 5) is 13.1. The Morgan fingerprint density at radius 1 is 1.14 bits per heavy atom. The Balaban J connectivity index is 2.17. The van der Waals surface area contributed by atoms with Gasteiger partial charge in [-0.15, -0.1) is 0 Å². The third-order valence-electron chi connectivity index (χ3n) is 3.77. The quantitative estimate of drug-likeness (QED) is 0.569. The fourth-order valence-corrected chi connectivity index (χ4v) is 3.00. The van der Waals surface area contributed by atoms with Crippen LogP contribution >= 0.6 is 11.6 Å². The molecular weight excluding hydrogens is 296 g/mol. The number of hydrogen-bond acceptors (Lipinski definition) is 1. The van der Waals surface area contributed by atoms with Crippen molar-refractivity contribution in [2.24, 2.45) is 0 Å². The molecule has 0 bridgehead atoms. The first-order valence-electron chi connectivity index (χ1n) is 6.57. The van der Waals surface area contributed by atoms with Crippen LogP contribution in [0.1, 0.15) is 22.7 Å². The van der Waals surface area contributed by atoms with Crippen LogP contribution in [0.3, 0.4) is 0 Å². The molecule has 1 amide bonds. The summed E-state index contributed by atoms with van der Waals surface area (Å²) in [6.07, 6.45) is 0.661. The van der Waals surface area contributed by atoms with Gasteiger partial charge in [-0.25, -0.2) is 8.78 Å². The third-order valence-corrected chi connectivity index (χ3v) is 3.98. The standard InChI is InChI=1S/C16H12ClF2NO/c17-16(21)20-8-7-10-3-1-2-4-12(10)15(20)13-6-5-11(18)9-14(13)19/h1-6,9,15H,7-8H2. The van der Waals surface area contributed by atoms with Gasteiger partial charge in [0, 0.05) is 18.2 Å². The van der Waals surface area contributed by atoms with Crippen LogP contribution in [0.25, 0.3) is 0 Å². The minimum atomic E-state index is -0.681. The number of nitrogens with zero attached hydrogens (tertiary/aromatic N) is 1. The molecule has 1 atom stereocenters. The van der Waals surface area contributed by atoms with Gasteiger partial charge < -0.3 is 4.90 Å². The number of amides is 1. The van der Waals surface area contributed by atoms with Gasteiger partial charge in [-0.3, -0.25) is 4.79 Å². The van der Waals surface area contributed by atoms with Crippen LogP contribution in [0.15, 0.2) is 42.5 Å². The minimum Gasteiger partial charge on any atom is -0.318 e. The summed E-state index contributed by atoms with van der Waals surface area (Å²) in [6.45, 7) is 0.404. The lowest BCUT2D eigenvalue weighted by Gasteiger charge is -2.36. The monoisotopic (exact) mass is 307 g/mol. The average Bonchev–Trinajstić information content (AvgIpc) is 2.46. The topological polar surface area (TPSA) is 20.3 Å². The Morgan fingerprint density at radius 2 is 1.90 bits per heavy atom. The van der Waals surface area contributed by atoms with Crippen molar-refractivity contribution in [2.45, 2.75) is 12.5 Å². The molecule has 1 heterocycles. The number of carbonyl (C=O) groups is 1. The van der Waals surface area contributed by atoms with Crippen molar-refractivity contribution < 1.29 is 13.6 Å². The van der Waals surface area contributed by atoms with Gasteiger partial charge in [0.05, 0.1) is 6.04 Å². The highest BCUT2D eigenvalue weighted by atomic mass is 35.5. The van der Waals surface area contributed by atoms with Crippen LogP contribution in [-0.2, 0) is 6.42 Å². The third kappa shape index (κ3) is 2.51. The zero-order valence-corrected chi connectivity index (χ0v) is 11.8. The Hall–Kier alpha value is -1.94. The van der Waals surface area contributed by atoms with Crippen LogP contribution < -0.4 is 0 Å². The van der Waals surface area contributed by atoms with Crippen molar-refractivity contribution in [3.8, 4) is 0 Å². The van der Waals surface area contributed by atoms with Gasteiger partial charge >= 0.3 is 5.37 Å². The number of hydrogen-bond donors (Lipinski definition) is 0. The van der Waals surface area contributed by atoms with Crippen molar-refractivity contribution in [1.82, 2.24) is 4.90 Å². The molecule has 5 heteroatoms. The average molecular weight is 308 g/mol. The van der Waals surface area contributed by atoms with E-state index in [1.54, 1.807) is 0 Å². The summed E-state index contributed by atoms with van der Waals surface area (Å²) in [5.41, 5.74) is 2.11. The van der Waals surface area contributed by atoms with E-state index < -0.39 is 23.0 Å². The van der Waals surface area contributed by atoms with E-state index in [2.05, 4.69) is 0 Å². The largest absolute Gasteiger partial charge is 0.318 e. The second-order valence-corrected chi connectivity index (χ2v) is 5.29. The van der Waals surface area contributed by atoms with Crippen LogP contribution in [0.4, 0.5) is 13.6 Å². The van der Waals surface area contributed by atoms with Gasteiger partial charge in [0.25, 0.3) is 0 Å². The summed E-state index contributed by atoms with van der Waals surface area (Å²) in [5.74, 6) is -1.33. The molecule has 2 nitrogen and oxygen atoms in total. The van der Waals surface area contributed by atoms with E-state index in [1.165, 1.54) is 17.0 Å². The summed E-state index contributed by atoms with van der Waals surface area (Å²) in [7, 11) is 0. The van der Waals surface area contributed by atoms with Crippen LogP contribution in [0.5, 0.6) is 0 Å². The van der Waals surface area contributed by atoms with Crippen molar-refractivity contribution >= 4 is 17.0 Å². The van der Waals surface area contributed by atoms with Crippen molar-refractivity contribution in [3.63, 3.8) is 0 Å². The van der Waals surface area contributed by atoms with E-state index in [4.69, 9.17) is 11.6 Å². The first-order valence-corrected chi connectivity index (χ1v) is 6.94. The fraction of sp³-hybridized carbons (Fsp3) is 0.188. The van der Waals surface area contributed by atoms with Gasteiger partial charge in [0.2, 0.25) is 0 Å². The predicted molar refractivity (Wildman–Crippen MR) is 76.3 cm³/mol. The molecule has 21 heavy (non-hydrogen) atoms. The maximum Gasteiger partial charge on any atom is 0.317 e. The highest BCUT2D eigenvalue weighted by molar-refractivity contribution is 6.62. The van der Waals surface area contributed by atoms with Crippen LogP contribution in [-0.4, -0.2) is 16.8 Å². The zero-order valence-electron chi connectivity index (χ0n) is 11.0. The molecule has 2 aromatic rings. The Labute approximate surface area is 125 Å². The first-order chi connectivity index (χ1) is 10.1. The van der Waals surface area contributed by atoms with Crippen molar-refractivity contribution in [1.29, 1.82) is 0 Å². The summed E-state index contributed by atoms with van der Waals surface area (Å²) < 4.78 is 27.3. The van der Waals surface area contributed by atoms with Gasteiger partial charge in [-0.2, -0.15) is 0 Å². The van der Waals surface area contributed by atoms with Crippen LogP contribution in [0, 0.1) is 11.6 Å². The molecule has 3 rings (SSSR count). The lowest BCUT2D eigenvalue weighted by atomic mass is 9.88. The van der Waals surface area contributed by atoms with E-state index in [0.29, 0.717) is 13.0 Å². The molecule has 1 unspecified atom stereocenters. The summed E-state index contributed by atoms with van der Waals surface area (Å²) in [6, 6.07) is 10.3. The molecule has 0 aromatic heterocycles. The van der Waals surface area contributed by atoms with Gasteiger partial charge in [0.1, 0.15) is 11.6 Å². The number of fused-ring (bicyclic) bond motifs is 1. The molecule has 0 N–H and O–H groups in total. The number of halogens is 3. The SMILES string of the molecule is O=C(Cl)N1CCc2ccccc2C1c1ccc(F)cc1F. The van der Waals surface area contributed by atoms with Crippen LogP contribution in [0.2, 0.25) is 0 Å². The number of benzene rings is 2. The van der Waals surface area contributed by atoms with Gasteiger partial charge in [-0.1, -0.05) is 30.3 Å². The molecule has 0 saturated carbocycles. The molecule has 0 spiro atoms. The normalized spacial score (nSPS) is 17.5. The summed E-state index contributed by atoms with van der Waals surface area (Å²) in [5, 5.41) is -0.641. The highest BCUT2D eigenvalue weighted by Crippen LogP contribution is 2.37. The smallest absolute Gasteiger partial charge is 0.317 e. The fourth-order valence-electron chi connectivity index (χ4n) is 2.81. The molecular formula is C16H12ClF2NO. The van der Waals surface area contributed by atoms with Gasteiger partial charge in [0.15, 0.2) is 0 Å². The lowest BCUT2D eigenvalue weighted by molar-refractivity contribution is 0.203. The highest BCUT2D eigenvalue weighted by Gasteiger charge is 2.32. The first kappa shape index (κ1) is 14.0. The Morgan fingerprint density at radius 3 is 2.62 bits per heavy atom. The van der Waals surface area contributed by atoms with E-state index in [-0.39, 0.29) is 5.56 Å². The molecule has 1 aliphatic heterocycles. The number of carbonyl (C=O) groups excluding carboxylic acids is 1. The molecule has 0 fully saturated rings. The molecule has 0 radical (unpaired) electrons. The van der Waals surface area contributed by atoms with E-state index in [9.17, 15) is 13.6 Å².